The minimum Gasteiger partial charge on any atom is -0.350 e. The van der Waals surface area contributed by atoms with Crippen LogP contribution in [0.5, 0.6) is 0 Å². The van der Waals surface area contributed by atoms with Crippen molar-refractivity contribution in [3.8, 4) is 0 Å². The minimum atomic E-state index is -1.60. The van der Waals surface area contributed by atoms with Gasteiger partial charge < -0.3 is 10.6 Å². The molecule has 1 aliphatic rings. The van der Waals surface area contributed by atoms with Crippen molar-refractivity contribution in [3.63, 3.8) is 0 Å². The summed E-state index contributed by atoms with van der Waals surface area (Å²) in [5, 5.41) is 4.89. The predicted molar refractivity (Wildman–Crippen MR) is 92.2 cm³/mol. The van der Waals surface area contributed by atoms with Gasteiger partial charge in [-0.3, -0.25) is 14.5 Å². The van der Waals surface area contributed by atoms with Crippen molar-refractivity contribution in [3.05, 3.63) is 71.3 Å². The largest absolute Gasteiger partial charge is 0.350 e. The van der Waals surface area contributed by atoms with Crippen molar-refractivity contribution < 1.29 is 23.2 Å². The number of hydrogen-bond acceptors (Lipinski definition) is 3. The zero-order chi connectivity index (χ0) is 19.6. The van der Waals surface area contributed by atoms with Crippen LogP contribution in [0, 0.1) is 11.6 Å². The molecule has 8 heteroatoms. The average Bonchev–Trinajstić information content (AvgIpc) is 2.85. The molecule has 0 spiro atoms. The Kier molecular flexibility index (Phi) is 4.89. The molecule has 1 atom stereocenters. The molecule has 2 N–H and O–H groups in total. The van der Waals surface area contributed by atoms with Crippen LogP contribution in [0.2, 0.25) is 0 Å². The zero-order valence-electron chi connectivity index (χ0n) is 14.5. The van der Waals surface area contributed by atoms with E-state index in [0.29, 0.717) is 4.90 Å². The van der Waals surface area contributed by atoms with Crippen LogP contribution in [-0.2, 0) is 21.7 Å². The molecule has 0 unspecified atom stereocenters. The Morgan fingerprint density at radius 1 is 1.07 bits per heavy atom. The molecule has 2 aromatic rings. The lowest BCUT2D eigenvalue weighted by molar-refractivity contribution is -0.134. The van der Waals surface area contributed by atoms with E-state index in [-0.39, 0.29) is 17.7 Å². The summed E-state index contributed by atoms with van der Waals surface area (Å²) in [5.74, 6) is -2.49. The molecule has 2 aromatic carbocycles. The summed E-state index contributed by atoms with van der Waals surface area (Å²) in [4.78, 5) is 37.7. The van der Waals surface area contributed by atoms with Crippen molar-refractivity contribution >= 4 is 17.8 Å². The molecule has 0 radical (unpaired) electrons. The fourth-order valence-corrected chi connectivity index (χ4v) is 2.92. The van der Waals surface area contributed by atoms with Gasteiger partial charge in [0.15, 0.2) is 0 Å². The van der Waals surface area contributed by atoms with Gasteiger partial charge in [-0.1, -0.05) is 36.4 Å². The molecule has 0 aliphatic carbocycles. The first-order valence-corrected chi connectivity index (χ1v) is 8.22. The molecule has 1 aliphatic heterocycles. The van der Waals surface area contributed by atoms with Crippen molar-refractivity contribution in [2.75, 3.05) is 6.54 Å². The number of imide groups is 1. The predicted octanol–water partition coefficient (Wildman–Crippen LogP) is 2.05. The maximum absolute atomic E-state index is 14.1. The fraction of sp³-hybridized carbons (Fsp3) is 0.211. The van der Waals surface area contributed by atoms with Crippen LogP contribution in [0.1, 0.15) is 18.1 Å². The Labute approximate surface area is 154 Å². The summed E-state index contributed by atoms with van der Waals surface area (Å²) in [6.45, 7) is 0.742. The van der Waals surface area contributed by atoms with Crippen LogP contribution < -0.4 is 10.6 Å². The van der Waals surface area contributed by atoms with Gasteiger partial charge in [-0.05, 0) is 19.1 Å². The Balaban J connectivity index is 1.70. The van der Waals surface area contributed by atoms with E-state index in [4.69, 9.17) is 0 Å². The topological polar surface area (TPSA) is 78.5 Å². The highest BCUT2D eigenvalue weighted by Gasteiger charge is 2.50. The van der Waals surface area contributed by atoms with Gasteiger partial charge in [-0.2, -0.15) is 0 Å². The second-order valence-corrected chi connectivity index (χ2v) is 6.29. The van der Waals surface area contributed by atoms with Crippen LogP contribution in [0.4, 0.5) is 13.6 Å². The number of benzene rings is 2. The number of nitrogens with zero attached hydrogens (tertiary/aromatic N) is 1. The quantitative estimate of drug-likeness (QED) is 0.788. The van der Waals surface area contributed by atoms with E-state index < -0.39 is 41.6 Å². The third-order valence-corrected chi connectivity index (χ3v) is 4.42. The van der Waals surface area contributed by atoms with Gasteiger partial charge in [0.25, 0.3) is 5.91 Å². The van der Waals surface area contributed by atoms with Crippen molar-refractivity contribution in [1.82, 2.24) is 15.5 Å². The number of carbonyl (C=O) groups excluding carboxylic acids is 3. The lowest BCUT2D eigenvalue weighted by Gasteiger charge is -2.22. The number of carbonyl (C=O) groups is 3. The van der Waals surface area contributed by atoms with Gasteiger partial charge in [0, 0.05) is 17.7 Å². The summed E-state index contributed by atoms with van der Waals surface area (Å²) < 4.78 is 27.7. The molecular weight excluding hydrogens is 356 g/mol. The molecule has 0 aromatic heterocycles. The first-order valence-electron chi connectivity index (χ1n) is 8.22. The number of hydrogen-bond donors (Lipinski definition) is 2. The lowest BCUT2D eigenvalue weighted by atomic mass is 9.91. The number of urea groups is 1. The van der Waals surface area contributed by atoms with E-state index in [9.17, 15) is 23.2 Å². The van der Waals surface area contributed by atoms with Gasteiger partial charge in [0.05, 0.1) is 0 Å². The van der Waals surface area contributed by atoms with Crippen LogP contribution in [-0.4, -0.2) is 29.3 Å². The third-order valence-electron chi connectivity index (χ3n) is 4.42. The van der Waals surface area contributed by atoms with E-state index in [1.807, 2.05) is 0 Å². The summed E-state index contributed by atoms with van der Waals surface area (Å²) in [6, 6.07) is 10.7. The lowest BCUT2D eigenvalue weighted by Crippen LogP contribution is -2.43. The SMILES string of the molecule is C[C@@]1(c2ccccc2F)NC(=O)N(CC(=O)NCc2ccccc2F)C1=O. The van der Waals surface area contributed by atoms with Gasteiger partial charge >= 0.3 is 6.03 Å². The van der Waals surface area contributed by atoms with Gasteiger partial charge in [0.1, 0.15) is 23.7 Å². The minimum absolute atomic E-state index is 0.0117. The van der Waals surface area contributed by atoms with Crippen LogP contribution in [0.25, 0.3) is 0 Å². The first kappa shape index (κ1) is 18.5. The number of nitrogens with one attached hydrogen (secondary N) is 2. The second-order valence-electron chi connectivity index (χ2n) is 6.29. The van der Waals surface area contributed by atoms with E-state index >= 15 is 0 Å². The first-order chi connectivity index (χ1) is 12.8. The van der Waals surface area contributed by atoms with E-state index in [1.54, 1.807) is 12.1 Å². The summed E-state index contributed by atoms with van der Waals surface area (Å²) in [6.07, 6.45) is 0. The molecule has 1 heterocycles. The molecule has 1 fully saturated rings. The normalized spacial score (nSPS) is 19.1. The van der Waals surface area contributed by atoms with Gasteiger partial charge in [0.2, 0.25) is 5.91 Å². The van der Waals surface area contributed by atoms with Gasteiger partial charge in [-0.15, -0.1) is 0 Å². The van der Waals surface area contributed by atoms with E-state index in [2.05, 4.69) is 10.6 Å². The Morgan fingerprint density at radius 2 is 1.70 bits per heavy atom. The number of amides is 4. The molecule has 6 nitrogen and oxygen atoms in total. The van der Waals surface area contributed by atoms with Crippen molar-refractivity contribution in [2.24, 2.45) is 0 Å². The highest BCUT2D eigenvalue weighted by Crippen LogP contribution is 2.30. The Bertz CT molecular complexity index is 919. The molecule has 0 saturated carbocycles. The van der Waals surface area contributed by atoms with Crippen molar-refractivity contribution in [1.29, 1.82) is 0 Å². The molecule has 4 amide bonds. The molecule has 27 heavy (non-hydrogen) atoms. The van der Waals surface area contributed by atoms with Crippen molar-refractivity contribution in [2.45, 2.75) is 19.0 Å². The fourth-order valence-electron chi connectivity index (χ4n) is 2.92. The number of halogens is 2. The summed E-state index contributed by atoms with van der Waals surface area (Å²) >= 11 is 0. The van der Waals surface area contributed by atoms with E-state index in [0.717, 1.165) is 0 Å². The Hall–Kier alpha value is -3.29. The summed E-state index contributed by atoms with van der Waals surface area (Å²) in [5.41, 5.74) is -1.31. The maximum atomic E-state index is 14.1. The maximum Gasteiger partial charge on any atom is 0.325 e. The third kappa shape index (κ3) is 3.51. The van der Waals surface area contributed by atoms with E-state index in [1.165, 1.54) is 43.3 Å². The van der Waals surface area contributed by atoms with Crippen LogP contribution in [0.15, 0.2) is 48.5 Å². The standard InChI is InChI=1S/C19H17F2N3O3/c1-19(13-7-3-5-9-15(13)21)17(26)24(18(27)23-19)11-16(25)22-10-12-6-2-4-8-14(12)20/h2-9H,10-11H2,1H3,(H,22,25)(H,23,27)/t19-/m0/s1. The van der Waals surface area contributed by atoms with Crippen LogP contribution >= 0.6 is 0 Å². The molecule has 3 rings (SSSR count). The highest BCUT2D eigenvalue weighted by atomic mass is 19.1. The monoisotopic (exact) mass is 373 g/mol. The summed E-state index contributed by atoms with van der Waals surface area (Å²) in [7, 11) is 0. The average molecular weight is 373 g/mol. The number of rotatable bonds is 5. The zero-order valence-corrected chi connectivity index (χ0v) is 14.5. The molecule has 0 bridgehead atoms. The molecular formula is C19H17F2N3O3. The molecule has 140 valence electrons. The molecule has 1 saturated heterocycles. The van der Waals surface area contributed by atoms with Crippen LogP contribution in [0.3, 0.4) is 0 Å². The Morgan fingerprint density at radius 3 is 2.37 bits per heavy atom. The smallest absolute Gasteiger partial charge is 0.325 e. The highest BCUT2D eigenvalue weighted by molar-refractivity contribution is 6.09. The van der Waals surface area contributed by atoms with Gasteiger partial charge in [-0.25, -0.2) is 13.6 Å². The second kappa shape index (κ2) is 7.14.